The standard InChI is InChI=1S/C15H24N4O2/c1-4-17-14-9-11(8-12(19-14)10(2)3)15(21)18-7-5-6-13(16)20/h8-10H,4-7H2,1-3H3,(H2,16,20)(H,17,19)(H,18,21). The molecule has 1 heterocycles. The van der Waals surface area contributed by atoms with E-state index in [9.17, 15) is 9.59 Å². The third-order valence-electron chi connectivity index (χ3n) is 2.94. The zero-order valence-electron chi connectivity index (χ0n) is 12.9. The smallest absolute Gasteiger partial charge is 0.251 e. The second-order valence-corrected chi connectivity index (χ2v) is 5.18. The van der Waals surface area contributed by atoms with E-state index in [1.807, 2.05) is 20.8 Å². The molecular formula is C15H24N4O2. The SMILES string of the molecule is CCNc1cc(C(=O)NCCCC(N)=O)cc(C(C)C)n1. The minimum atomic E-state index is -0.357. The van der Waals surface area contributed by atoms with Crippen LogP contribution in [0.15, 0.2) is 12.1 Å². The number of hydrogen-bond acceptors (Lipinski definition) is 4. The molecule has 0 fully saturated rings. The van der Waals surface area contributed by atoms with Gasteiger partial charge in [-0.25, -0.2) is 4.98 Å². The Labute approximate surface area is 125 Å². The molecule has 0 aliphatic rings. The largest absolute Gasteiger partial charge is 0.370 e. The lowest BCUT2D eigenvalue weighted by molar-refractivity contribution is -0.118. The van der Waals surface area contributed by atoms with Crippen molar-refractivity contribution in [1.29, 1.82) is 0 Å². The number of carbonyl (C=O) groups is 2. The Morgan fingerprint density at radius 2 is 2.05 bits per heavy atom. The van der Waals surface area contributed by atoms with Crippen molar-refractivity contribution < 1.29 is 9.59 Å². The maximum atomic E-state index is 12.1. The molecule has 0 bridgehead atoms. The number of hydrogen-bond donors (Lipinski definition) is 3. The Hall–Kier alpha value is -2.11. The lowest BCUT2D eigenvalue weighted by Gasteiger charge is -2.12. The van der Waals surface area contributed by atoms with Crippen LogP contribution < -0.4 is 16.4 Å². The fourth-order valence-electron chi connectivity index (χ4n) is 1.82. The van der Waals surface area contributed by atoms with Crippen LogP contribution in [0.3, 0.4) is 0 Å². The van der Waals surface area contributed by atoms with E-state index in [2.05, 4.69) is 15.6 Å². The monoisotopic (exact) mass is 292 g/mol. The molecule has 0 aromatic carbocycles. The number of rotatable bonds is 8. The molecule has 0 spiro atoms. The molecule has 2 amide bonds. The topological polar surface area (TPSA) is 97.1 Å². The zero-order valence-corrected chi connectivity index (χ0v) is 12.9. The third-order valence-corrected chi connectivity index (χ3v) is 2.94. The van der Waals surface area contributed by atoms with Crippen molar-refractivity contribution in [3.8, 4) is 0 Å². The van der Waals surface area contributed by atoms with E-state index in [1.165, 1.54) is 0 Å². The highest BCUT2D eigenvalue weighted by molar-refractivity contribution is 5.95. The van der Waals surface area contributed by atoms with Gasteiger partial charge >= 0.3 is 0 Å². The van der Waals surface area contributed by atoms with E-state index in [1.54, 1.807) is 12.1 Å². The van der Waals surface area contributed by atoms with E-state index in [0.29, 0.717) is 24.3 Å². The molecule has 0 saturated heterocycles. The maximum absolute atomic E-state index is 12.1. The number of nitrogens with two attached hydrogens (primary N) is 1. The van der Waals surface area contributed by atoms with E-state index < -0.39 is 0 Å². The maximum Gasteiger partial charge on any atom is 0.251 e. The highest BCUT2D eigenvalue weighted by Crippen LogP contribution is 2.17. The second kappa shape index (κ2) is 8.24. The van der Waals surface area contributed by atoms with Crippen molar-refractivity contribution in [2.24, 2.45) is 5.73 Å². The van der Waals surface area contributed by atoms with Gasteiger partial charge in [0.15, 0.2) is 0 Å². The summed E-state index contributed by atoms with van der Waals surface area (Å²) in [4.78, 5) is 27.3. The van der Waals surface area contributed by atoms with Crippen LogP contribution in [0.1, 0.15) is 55.6 Å². The van der Waals surface area contributed by atoms with Gasteiger partial charge in [-0.15, -0.1) is 0 Å². The highest BCUT2D eigenvalue weighted by Gasteiger charge is 2.11. The van der Waals surface area contributed by atoms with Gasteiger partial charge in [-0.1, -0.05) is 13.8 Å². The molecule has 1 rings (SSSR count). The van der Waals surface area contributed by atoms with Gasteiger partial charge in [0, 0.05) is 30.8 Å². The molecule has 0 saturated carbocycles. The summed E-state index contributed by atoms with van der Waals surface area (Å²) in [6, 6.07) is 3.54. The molecule has 1 aromatic heterocycles. The highest BCUT2D eigenvalue weighted by atomic mass is 16.2. The average Bonchev–Trinajstić information content (AvgIpc) is 2.43. The molecular weight excluding hydrogens is 268 g/mol. The summed E-state index contributed by atoms with van der Waals surface area (Å²) < 4.78 is 0. The lowest BCUT2D eigenvalue weighted by atomic mass is 10.1. The predicted molar refractivity (Wildman–Crippen MR) is 83.3 cm³/mol. The minimum absolute atomic E-state index is 0.164. The Kier molecular flexibility index (Phi) is 6.65. The van der Waals surface area contributed by atoms with Gasteiger partial charge in [0.1, 0.15) is 5.82 Å². The van der Waals surface area contributed by atoms with Gasteiger partial charge in [0.05, 0.1) is 0 Å². The van der Waals surface area contributed by atoms with Crippen LogP contribution >= 0.6 is 0 Å². The van der Waals surface area contributed by atoms with Crippen LogP contribution in [0, 0.1) is 0 Å². The Balaban J connectivity index is 2.75. The van der Waals surface area contributed by atoms with Crippen molar-refractivity contribution in [2.75, 3.05) is 18.4 Å². The summed E-state index contributed by atoms with van der Waals surface area (Å²) in [6.07, 6.45) is 0.819. The van der Waals surface area contributed by atoms with Gasteiger partial charge in [-0.05, 0) is 31.4 Å². The second-order valence-electron chi connectivity index (χ2n) is 5.18. The minimum Gasteiger partial charge on any atom is -0.370 e. The molecule has 1 aromatic rings. The number of pyridine rings is 1. The van der Waals surface area contributed by atoms with Crippen LogP contribution in [0.25, 0.3) is 0 Å². The number of aromatic nitrogens is 1. The quantitative estimate of drug-likeness (QED) is 0.634. The van der Waals surface area contributed by atoms with Gasteiger partial charge in [0.2, 0.25) is 5.91 Å². The summed E-state index contributed by atoms with van der Waals surface area (Å²) in [7, 11) is 0. The fraction of sp³-hybridized carbons (Fsp3) is 0.533. The first kappa shape index (κ1) is 16.9. The molecule has 4 N–H and O–H groups in total. The van der Waals surface area contributed by atoms with E-state index in [4.69, 9.17) is 5.73 Å². The van der Waals surface area contributed by atoms with Crippen molar-refractivity contribution in [2.45, 2.75) is 39.5 Å². The number of amides is 2. The Morgan fingerprint density at radius 3 is 2.62 bits per heavy atom. The molecule has 6 nitrogen and oxygen atoms in total. The first-order valence-electron chi connectivity index (χ1n) is 7.26. The van der Waals surface area contributed by atoms with Crippen LogP contribution in [0.5, 0.6) is 0 Å². The number of carbonyl (C=O) groups excluding carboxylic acids is 2. The first-order chi connectivity index (χ1) is 9.93. The molecule has 0 radical (unpaired) electrons. The molecule has 0 atom stereocenters. The number of nitrogens with one attached hydrogen (secondary N) is 2. The third kappa shape index (κ3) is 5.81. The van der Waals surface area contributed by atoms with Gasteiger partial charge in [-0.3, -0.25) is 9.59 Å². The number of anilines is 1. The van der Waals surface area contributed by atoms with Gasteiger partial charge in [-0.2, -0.15) is 0 Å². The van der Waals surface area contributed by atoms with Gasteiger partial charge < -0.3 is 16.4 Å². The Bertz CT molecular complexity index is 500. The van der Waals surface area contributed by atoms with E-state index in [0.717, 1.165) is 12.2 Å². The van der Waals surface area contributed by atoms with Crippen molar-refractivity contribution in [1.82, 2.24) is 10.3 Å². The normalized spacial score (nSPS) is 10.5. The van der Waals surface area contributed by atoms with Gasteiger partial charge in [0.25, 0.3) is 5.91 Å². The molecule has 21 heavy (non-hydrogen) atoms. The van der Waals surface area contributed by atoms with Crippen LogP contribution in [0.2, 0.25) is 0 Å². The summed E-state index contributed by atoms with van der Waals surface area (Å²) in [5.41, 5.74) is 6.50. The van der Waals surface area contributed by atoms with Crippen molar-refractivity contribution in [3.63, 3.8) is 0 Å². The van der Waals surface area contributed by atoms with Crippen molar-refractivity contribution in [3.05, 3.63) is 23.4 Å². The lowest BCUT2D eigenvalue weighted by Crippen LogP contribution is -2.26. The van der Waals surface area contributed by atoms with Crippen molar-refractivity contribution >= 4 is 17.6 Å². The number of primary amides is 1. The fourth-order valence-corrected chi connectivity index (χ4v) is 1.82. The predicted octanol–water partition coefficient (Wildman–Crippen LogP) is 1.63. The van der Waals surface area contributed by atoms with E-state index >= 15 is 0 Å². The average molecular weight is 292 g/mol. The zero-order chi connectivity index (χ0) is 15.8. The summed E-state index contributed by atoms with van der Waals surface area (Å²) >= 11 is 0. The van der Waals surface area contributed by atoms with E-state index in [-0.39, 0.29) is 24.2 Å². The van der Waals surface area contributed by atoms with Crippen LogP contribution in [0.4, 0.5) is 5.82 Å². The molecule has 0 aliphatic heterocycles. The summed E-state index contributed by atoms with van der Waals surface area (Å²) in [5, 5.41) is 5.92. The van der Waals surface area contributed by atoms with Crippen LogP contribution in [-0.4, -0.2) is 29.9 Å². The number of nitrogens with zero attached hydrogens (tertiary/aromatic N) is 1. The summed E-state index contributed by atoms with van der Waals surface area (Å²) in [5.74, 6) is 0.420. The first-order valence-corrected chi connectivity index (χ1v) is 7.26. The summed E-state index contributed by atoms with van der Waals surface area (Å²) in [6.45, 7) is 7.22. The Morgan fingerprint density at radius 1 is 1.33 bits per heavy atom. The molecule has 0 unspecified atom stereocenters. The molecule has 0 aliphatic carbocycles. The van der Waals surface area contributed by atoms with Crippen LogP contribution in [-0.2, 0) is 4.79 Å². The molecule has 6 heteroatoms. The molecule has 116 valence electrons.